The van der Waals surface area contributed by atoms with Gasteiger partial charge in [-0.1, -0.05) is 141 Å². The Balaban J connectivity index is 1.14. The normalized spacial score (nSPS) is 17.0. The zero-order valence-electron chi connectivity index (χ0n) is 32.0. The fourth-order valence-corrected chi connectivity index (χ4v) is 10.7. The lowest BCUT2D eigenvalue weighted by Crippen LogP contribution is -2.27. The van der Waals surface area contributed by atoms with Crippen LogP contribution in [0.2, 0.25) is 0 Å². The van der Waals surface area contributed by atoms with E-state index >= 15 is 0 Å². The number of rotatable bonds is 6. The van der Waals surface area contributed by atoms with E-state index in [9.17, 15) is 0 Å². The van der Waals surface area contributed by atoms with Crippen molar-refractivity contribution in [3.63, 3.8) is 0 Å². The van der Waals surface area contributed by atoms with Gasteiger partial charge >= 0.3 is 0 Å². The number of hydrogen-bond donors (Lipinski definition) is 0. The monoisotopic (exact) mass is 720 g/mol. The van der Waals surface area contributed by atoms with E-state index in [1.54, 1.807) is 0 Å². The summed E-state index contributed by atoms with van der Waals surface area (Å²) < 4.78 is 0. The fourth-order valence-electron chi connectivity index (χ4n) is 10.7. The van der Waals surface area contributed by atoms with Crippen LogP contribution in [0.5, 0.6) is 0 Å². The molecule has 3 aliphatic rings. The molecule has 0 unspecified atom stereocenters. The highest BCUT2D eigenvalue weighted by Gasteiger charge is 2.49. The Bertz CT molecular complexity index is 2790. The van der Waals surface area contributed by atoms with Crippen LogP contribution in [0, 0.1) is 0 Å². The van der Waals surface area contributed by atoms with Crippen LogP contribution < -0.4 is 9.80 Å². The van der Waals surface area contributed by atoms with Crippen molar-refractivity contribution in [3.8, 4) is 11.1 Å². The van der Waals surface area contributed by atoms with E-state index in [0.29, 0.717) is 0 Å². The van der Waals surface area contributed by atoms with Gasteiger partial charge in [-0.15, -0.1) is 0 Å². The van der Waals surface area contributed by atoms with Crippen molar-refractivity contribution in [2.24, 2.45) is 0 Å². The van der Waals surface area contributed by atoms with Gasteiger partial charge in [-0.3, -0.25) is 0 Å². The van der Waals surface area contributed by atoms with E-state index in [1.165, 1.54) is 89.4 Å². The first-order valence-corrected chi connectivity index (χ1v) is 20.2. The highest BCUT2D eigenvalue weighted by atomic mass is 15.2. The molecule has 56 heavy (non-hydrogen) atoms. The van der Waals surface area contributed by atoms with Crippen LogP contribution in [0.1, 0.15) is 60.1 Å². The third kappa shape index (κ3) is 4.81. The van der Waals surface area contributed by atoms with Crippen molar-refractivity contribution >= 4 is 44.9 Å². The van der Waals surface area contributed by atoms with E-state index in [1.807, 2.05) is 0 Å². The number of fused-ring (bicyclic) bond motifs is 8. The van der Waals surface area contributed by atoms with E-state index in [-0.39, 0.29) is 10.8 Å². The van der Waals surface area contributed by atoms with Gasteiger partial charge in [-0.05, 0) is 130 Å². The zero-order valence-corrected chi connectivity index (χ0v) is 32.0. The Morgan fingerprint density at radius 1 is 0.411 bits per heavy atom. The van der Waals surface area contributed by atoms with E-state index < -0.39 is 0 Å². The predicted molar refractivity (Wildman–Crippen MR) is 235 cm³/mol. The van der Waals surface area contributed by atoms with Gasteiger partial charge < -0.3 is 9.80 Å². The third-order valence-corrected chi connectivity index (χ3v) is 13.2. The average molecular weight is 721 g/mol. The van der Waals surface area contributed by atoms with E-state index in [2.05, 4.69) is 206 Å². The van der Waals surface area contributed by atoms with Gasteiger partial charge in [0.1, 0.15) is 0 Å². The first kappa shape index (κ1) is 33.0. The molecule has 0 N–H and O–H groups in total. The highest BCUT2D eigenvalue weighted by molar-refractivity contribution is 6.00. The molecule has 1 atom stereocenters. The summed E-state index contributed by atoms with van der Waals surface area (Å²) in [5.74, 6) is 0. The molecule has 0 saturated carbocycles. The van der Waals surface area contributed by atoms with Crippen LogP contribution in [0.4, 0.5) is 34.1 Å². The minimum absolute atomic E-state index is 0.0913. The topological polar surface area (TPSA) is 6.48 Å². The van der Waals surface area contributed by atoms with Gasteiger partial charge in [-0.25, -0.2) is 0 Å². The molecule has 0 saturated heterocycles. The first-order valence-electron chi connectivity index (χ1n) is 20.2. The summed E-state index contributed by atoms with van der Waals surface area (Å²) in [7, 11) is 0. The maximum atomic E-state index is 2.56. The lowest BCUT2D eigenvalue weighted by molar-refractivity contribution is 0.508. The van der Waals surface area contributed by atoms with Gasteiger partial charge in [-0.2, -0.15) is 0 Å². The molecule has 0 radical (unpaired) electrons. The molecule has 0 amide bonds. The number of aryl methyl sites for hydroxylation is 2. The Labute approximate surface area is 330 Å². The standard InChI is InChI=1S/C54H44N2/c1-53(2)46-26-12-11-25-44(46)45-31-30-42(36-47(45)53)55(40-20-5-3-6-21-40)49-28-14-18-38-32-34-54(51(38)49)35-33-39-19-15-29-50(52(39)54)56(41-22-7-4-8-23-41)48-27-13-17-37-16-9-10-24-43(37)48/h3-31,36H,32-35H2,1-2H3/t54-/m1/s1. The lowest BCUT2D eigenvalue weighted by Gasteiger charge is -2.37. The summed E-state index contributed by atoms with van der Waals surface area (Å²) in [5, 5.41) is 2.51. The molecule has 8 aromatic rings. The largest absolute Gasteiger partial charge is 0.310 e. The summed E-state index contributed by atoms with van der Waals surface area (Å²) in [6, 6.07) is 67.9. The van der Waals surface area contributed by atoms with Gasteiger partial charge in [0.25, 0.3) is 0 Å². The SMILES string of the molecule is CC1(C)c2ccccc2-c2ccc(N(c3ccccc3)c3cccc4c3[C@@]3(CC4)CCc4cccc(N(c5ccccc5)c5cccc6ccccc56)c43)cc21. The fraction of sp³-hybridized carbons (Fsp3) is 0.148. The smallest absolute Gasteiger partial charge is 0.0540 e. The molecule has 0 aromatic heterocycles. The van der Waals surface area contributed by atoms with Gasteiger partial charge in [0, 0.05) is 33.3 Å². The summed E-state index contributed by atoms with van der Waals surface area (Å²) in [4.78, 5) is 5.11. The number of hydrogen-bond acceptors (Lipinski definition) is 2. The first-order chi connectivity index (χ1) is 27.5. The molecule has 270 valence electrons. The van der Waals surface area contributed by atoms with Crippen LogP contribution in [-0.2, 0) is 23.7 Å². The second kappa shape index (κ2) is 12.6. The molecule has 8 aromatic carbocycles. The Kier molecular flexibility index (Phi) is 7.41. The highest BCUT2D eigenvalue weighted by Crippen LogP contribution is 2.60. The summed E-state index contributed by atoms with van der Waals surface area (Å²) in [5.41, 5.74) is 18.5. The van der Waals surface area contributed by atoms with Crippen LogP contribution in [0.3, 0.4) is 0 Å². The molecule has 3 aliphatic carbocycles. The zero-order chi connectivity index (χ0) is 37.4. The minimum atomic E-state index is -0.144. The maximum absolute atomic E-state index is 2.56. The molecule has 2 heteroatoms. The quantitative estimate of drug-likeness (QED) is 0.169. The molecular weight excluding hydrogens is 677 g/mol. The molecule has 2 nitrogen and oxygen atoms in total. The lowest BCUT2D eigenvalue weighted by atomic mass is 9.74. The van der Waals surface area contributed by atoms with Crippen LogP contribution in [0.25, 0.3) is 21.9 Å². The molecule has 0 heterocycles. The van der Waals surface area contributed by atoms with Crippen molar-refractivity contribution in [3.05, 3.63) is 215 Å². The second-order valence-corrected chi connectivity index (χ2v) is 16.4. The van der Waals surface area contributed by atoms with Crippen molar-refractivity contribution < 1.29 is 0 Å². The van der Waals surface area contributed by atoms with E-state index in [4.69, 9.17) is 0 Å². The van der Waals surface area contributed by atoms with Crippen molar-refractivity contribution in [1.82, 2.24) is 0 Å². The third-order valence-electron chi connectivity index (χ3n) is 13.2. The molecule has 1 spiro atoms. The molecular formula is C54H44N2. The van der Waals surface area contributed by atoms with Gasteiger partial charge in [0.05, 0.1) is 17.1 Å². The van der Waals surface area contributed by atoms with Crippen LogP contribution in [0.15, 0.2) is 182 Å². The minimum Gasteiger partial charge on any atom is -0.310 e. The van der Waals surface area contributed by atoms with Crippen molar-refractivity contribution in [1.29, 1.82) is 0 Å². The molecule has 11 rings (SSSR count). The molecule has 0 bridgehead atoms. The Morgan fingerprint density at radius 3 is 1.66 bits per heavy atom. The molecule has 0 fully saturated rings. The van der Waals surface area contributed by atoms with Crippen molar-refractivity contribution in [2.75, 3.05) is 9.80 Å². The van der Waals surface area contributed by atoms with Gasteiger partial charge in [0.15, 0.2) is 0 Å². The summed E-state index contributed by atoms with van der Waals surface area (Å²) in [6.45, 7) is 4.77. The number of anilines is 6. The number of nitrogens with zero attached hydrogens (tertiary/aromatic N) is 2. The predicted octanol–water partition coefficient (Wildman–Crippen LogP) is 14.3. The van der Waals surface area contributed by atoms with Crippen LogP contribution in [-0.4, -0.2) is 0 Å². The summed E-state index contributed by atoms with van der Waals surface area (Å²) in [6.07, 6.45) is 4.31. The van der Waals surface area contributed by atoms with Gasteiger partial charge in [0.2, 0.25) is 0 Å². The Morgan fingerprint density at radius 2 is 0.946 bits per heavy atom. The Hall–Kier alpha value is -6.38. The van der Waals surface area contributed by atoms with Crippen molar-refractivity contribution in [2.45, 2.75) is 50.4 Å². The van der Waals surface area contributed by atoms with Crippen LogP contribution >= 0.6 is 0 Å². The van der Waals surface area contributed by atoms with E-state index in [0.717, 1.165) is 25.7 Å². The second-order valence-electron chi connectivity index (χ2n) is 16.4. The summed E-state index contributed by atoms with van der Waals surface area (Å²) >= 11 is 0. The number of benzene rings is 8. The number of para-hydroxylation sites is 2. The molecule has 0 aliphatic heterocycles. The average Bonchev–Trinajstić information content (AvgIpc) is 3.89. The maximum Gasteiger partial charge on any atom is 0.0540 e.